The van der Waals surface area contributed by atoms with Gasteiger partial charge in [-0.2, -0.15) is 0 Å². The third kappa shape index (κ3) is 7.23. The van der Waals surface area contributed by atoms with Crippen molar-refractivity contribution in [1.29, 1.82) is 0 Å². The average molecular weight is 623 g/mol. The Morgan fingerprint density at radius 1 is 1.24 bits per heavy atom. The van der Waals surface area contributed by atoms with Crippen LogP contribution in [0.5, 0.6) is 0 Å². The van der Waals surface area contributed by atoms with Gasteiger partial charge in [0.05, 0.1) is 11.7 Å². The molecule has 2 N–H and O–H groups in total. The van der Waals surface area contributed by atoms with Gasteiger partial charge in [-0.1, -0.05) is 47.7 Å². The molecule has 5 amide bonds. The maximum atomic E-state index is 13.4. The van der Waals surface area contributed by atoms with Crippen molar-refractivity contribution in [1.82, 2.24) is 40.6 Å². The number of β-lactam (4-membered cyclic amide) rings is 1. The van der Waals surface area contributed by atoms with Crippen LogP contribution in [0.2, 0.25) is 0 Å². The molecule has 2 aliphatic rings. The van der Waals surface area contributed by atoms with Crippen LogP contribution in [-0.4, -0.2) is 89.7 Å². The second-order valence-corrected chi connectivity index (χ2v) is 11.5. The summed E-state index contributed by atoms with van der Waals surface area (Å²) in [5.74, 6) is -2.88. The summed E-state index contributed by atoms with van der Waals surface area (Å²) in [6.45, 7) is 3.43. The van der Waals surface area contributed by atoms with E-state index in [0.29, 0.717) is 21.9 Å². The zero-order chi connectivity index (χ0) is 29.8. The predicted octanol–water partition coefficient (Wildman–Crippen LogP) is -3.41. The van der Waals surface area contributed by atoms with Crippen LogP contribution in [-0.2, 0) is 26.2 Å². The topological polar surface area (TPSA) is 183 Å². The molecule has 2 aromatic rings. The van der Waals surface area contributed by atoms with E-state index in [9.17, 15) is 29.1 Å². The number of benzene rings is 1. The van der Waals surface area contributed by atoms with Crippen molar-refractivity contribution < 1.29 is 58.6 Å². The van der Waals surface area contributed by atoms with Crippen molar-refractivity contribution in [2.75, 3.05) is 18.6 Å². The first-order valence-corrected chi connectivity index (χ1v) is 14.3. The van der Waals surface area contributed by atoms with Crippen LogP contribution in [0.15, 0.2) is 58.4 Å². The molecule has 3 heterocycles. The number of carboxylic acids is 1. The van der Waals surface area contributed by atoms with Crippen molar-refractivity contribution in [3.05, 3.63) is 58.8 Å². The first-order valence-electron chi connectivity index (χ1n) is 12.3. The van der Waals surface area contributed by atoms with E-state index in [4.69, 9.17) is 0 Å². The van der Waals surface area contributed by atoms with Gasteiger partial charge < -0.3 is 20.5 Å². The van der Waals surface area contributed by atoms with Gasteiger partial charge in [0, 0.05) is 31.7 Å². The summed E-state index contributed by atoms with van der Waals surface area (Å²) in [7, 11) is 2.94. The quantitative estimate of drug-likeness (QED) is 0.123. The molecule has 42 heavy (non-hydrogen) atoms. The minimum Gasteiger partial charge on any atom is -0.543 e. The molecule has 1 saturated heterocycles. The normalized spacial score (nSPS) is 18.1. The van der Waals surface area contributed by atoms with E-state index in [1.54, 1.807) is 51.2 Å². The number of fused-ring (bicyclic) bond motifs is 1. The second-order valence-electron chi connectivity index (χ2n) is 9.42. The smallest absolute Gasteiger partial charge is 0.543 e. The number of carbonyl (C=O) groups is 5. The molecule has 4 rings (SSSR count). The van der Waals surface area contributed by atoms with Crippen LogP contribution in [0.3, 0.4) is 0 Å². The molecule has 0 radical (unpaired) electrons. The Balaban J connectivity index is 0.00000484. The predicted molar refractivity (Wildman–Crippen MR) is 146 cm³/mol. The number of carboxylic acid groups (broad SMARTS) is 1. The summed E-state index contributed by atoms with van der Waals surface area (Å²) in [6, 6.07) is 5.27. The van der Waals surface area contributed by atoms with E-state index in [1.165, 1.54) is 41.3 Å². The van der Waals surface area contributed by atoms with Crippen molar-refractivity contribution >= 4 is 53.2 Å². The SMILES string of the molecule is CC(C)=CC(=O)N(C)C(=O)NC(C(=O)NC1C(=O)N2C(C(=O)[O-])=C(CSc3nnnn3C)CS[C@@H]12)c1ccccc1.[Na+]. The number of urea groups is 1. The Bertz CT molecular complexity index is 1450. The van der Waals surface area contributed by atoms with Crippen molar-refractivity contribution in [3.63, 3.8) is 0 Å². The van der Waals surface area contributed by atoms with Crippen molar-refractivity contribution in [2.45, 2.75) is 36.5 Å². The van der Waals surface area contributed by atoms with E-state index in [0.717, 1.165) is 9.80 Å². The first kappa shape index (κ1) is 33.3. The molecule has 17 heteroatoms. The second kappa shape index (κ2) is 14.3. The Morgan fingerprint density at radius 3 is 2.52 bits per heavy atom. The zero-order valence-electron chi connectivity index (χ0n) is 23.6. The van der Waals surface area contributed by atoms with Gasteiger partial charge in [-0.05, 0) is 35.4 Å². The van der Waals surface area contributed by atoms with Crippen LogP contribution >= 0.6 is 23.5 Å². The fraction of sp³-hybridized carbons (Fsp3) is 0.360. The molecule has 0 aliphatic carbocycles. The molecule has 3 atom stereocenters. The minimum atomic E-state index is -1.50. The Morgan fingerprint density at radius 2 is 1.93 bits per heavy atom. The largest absolute Gasteiger partial charge is 1.00 e. The number of hydrogen-bond donors (Lipinski definition) is 2. The van der Waals surface area contributed by atoms with Gasteiger partial charge in [-0.3, -0.25) is 24.2 Å². The number of allylic oxidation sites excluding steroid dienone is 1. The molecule has 0 bridgehead atoms. The van der Waals surface area contributed by atoms with Gasteiger partial charge in [-0.25, -0.2) is 9.48 Å². The third-order valence-corrected chi connectivity index (χ3v) is 8.64. The van der Waals surface area contributed by atoms with Crippen molar-refractivity contribution in [2.24, 2.45) is 7.05 Å². The number of amides is 5. The summed E-state index contributed by atoms with van der Waals surface area (Å²) >= 11 is 2.52. The molecule has 0 saturated carbocycles. The average Bonchev–Trinajstić information content (AvgIpc) is 3.36. The number of aromatic nitrogens is 4. The van der Waals surface area contributed by atoms with E-state index in [2.05, 4.69) is 26.2 Å². The van der Waals surface area contributed by atoms with E-state index < -0.39 is 47.2 Å². The van der Waals surface area contributed by atoms with Crippen LogP contribution in [0.1, 0.15) is 25.5 Å². The fourth-order valence-electron chi connectivity index (χ4n) is 4.12. The Labute approximate surface area is 272 Å². The van der Waals surface area contributed by atoms with Gasteiger partial charge in [0.1, 0.15) is 17.5 Å². The van der Waals surface area contributed by atoms with Crippen LogP contribution in [0, 0.1) is 0 Å². The zero-order valence-corrected chi connectivity index (χ0v) is 27.2. The summed E-state index contributed by atoms with van der Waals surface area (Å²) in [5.41, 5.74) is 1.35. The number of nitrogens with one attached hydrogen (secondary N) is 2. The van der Waals surface area contributed by atoms with Gasteiger partial charge in [-0.15, -0.1) is 16.9 Å². The first-order chi connectivity index (χ1) is 19.5. The van der Waals surface area contributed by atoms with E-state index >= 15 is 0 Å². The van der Waals surface area contributed by atoms with Gasteiger partial charge in [0.25, 0.3) is 11.8 Å². The number of nitrogens with zero attached hydrogens (tertiary/aromatic N) is 6. The van der Waals surface area contributed by atoms with E-state index in [1.807, 2.05) is 0 Å². The molecule has 2 aliphatic heterocycles. The summed E-state index contributed by atoms with van der Waals surface area (Å²) in [4.78, 5) is 65.8. The molecule has 2 unspecified atom stereocenters. The molecule has 14 nitrogen and oxygen atoms in total. The maximum absolute atomic E-state index is 13.4. The van der Waals surface area contributed by atoms with Gasteiger partial charge in [0.15, 0.2) is 0 Å². The number of aryl methyl sites for hydroxylation is 1. The van der Waals surface area contributed by atoms with Crippen LogP contribution in [0.25, 0.3) is 0 Å². The number of likely N-dealkylation sites (N-methyl/N-ethyl adjacent to an activating group) is 1. The molecular formula is C25H27N8NaO6S2. The summed E-state index contributed by atoms with van der Waals surface area (Å²) < 4.78 is 1.44. The number of aliphatic carboxylic acids is 1. The van der Waals surface area contributed by atoms with Gasteiger partial charge >= 0.3 is 35.6 Å². The number of hydrogen-bond acceptors (Lipinski definition) is 11. The fourth-order valence-corrected chi connectivity index (χ4v) is 6.46. The molecule has 1 fully saturated rings. The van der Waals surface area contributed by atoms with E-state index in [-0.39, 0.29) is 46.8 Å². The number of imide groups is 1. The van der Waals surface area contributed by atoms with Crippen LogP contribution < -0.4 is 45.3 Å². The number of rotatable bonds is 9. The Kier molecular flexibility index (Phi) is 11.4. The number of thioether (sulfide) groups is 2. The summed E-state index contributed by atoms with van der Waals surface area (Å²) in [5, 5.41) is 28.2. The number of carbonyl (C=O) groups excluding carboxylic acids is 5. The molecule has 0 spiro atoms. The third-order valence-electron chi connectivity index (χ3n) is 6.21. The number of tetrazole rings is 1. The monoisotopic (exact) mass is 622 g/mol. The summed E-state index contributed by atoms with van der Waals surface area (Å²) in [6.07, 6.45) is 1.29. The van der Waals surface area contributed by atoms with Crippen LogP contribution in [0.4, 0.5) is 4.79 Å². The standard InChI is InChI=1S/C25H28N8O6S2.Na/c1-13(2)10-16(34)31(3)24(39)27-17(14-8-6-5-7-9-14)20(35)26-18-21(36)33-19(23(37)38)15(11-40-22(18)33)12-41-25-28-29-30-32(25)4;/h5-10,17-18,22H,11-12H2,1-4H3,(H,26,35)(H,27,39)(H,37,38);/q;+1/p-1/t17?,18?,22-;/m0./s1. The van der Waals surface area contributed by atoms with Crippen molar-refractivity contribution in [3.8, 4) is 0 Å². The van der Waals surface area contributed by atoms with Gasteiger partial charge in [0.2, 0.25) is 11.1 Å². The minimum absolute atomic E-state index is 0. The maximum Gasteiger partial charge on any atom is 1.00 e. The Hall–Kier alpha value is -3.18. The molecule has 1 aromatic heterocycles. The molecule has 1 aromatic carbocycles. The molecular weight excluding hydrogens is 595 g/mol. The molecule has 216 valence electrons.